The smallest absolute Gasteiger partial charge is 0.218 e. The minimum Gasteiger partial charge on any atom is -0.364 e. The maximum atomic E-state index is 6.21. The van der Waals surface area contributed by atoms with Gasteiger partial charge in [-0.3, -0.25) is 9.13 Å². The van der Waals surface area contributed by atoms with E-state index in [0.29, 0.717) is 16.8 Å². The van der Waals surface area contributed by atoms with E-state index in [1.807, 2.05) is 57.8 Å². The van der Waals surface area contributed by atoms with Crippen molar-refractivity contribution < 1.29 is 4.74 Å². The van der Waals surface area contributed by atoms with Crippen molar-refractivity contribution in [3.8, 4) is 5.95 Å². The predicted molar refractivity (Wildman–Crippen MR) is 109 cm³/mol. The van der Waals surface area contributed by atoms with Crippen LogP contribution in [0, 0.1) is 0 Å². The minimum atomic E-state index is 0.402. The fourth-order valence-corrected chi connectivity index (χ4v) is 3.33. The lowest BCUT2D eigenvalue weighted by Crippen LogP contribution is -2.07. The molecule has 136 valence electrons. The lowest BCUT2D eigenvalue weighted by atomic mass is 10.2. The second-order valence-electron chi connectivity index (χ2n) is 5.95. The van der Waals surface area contributed by atoms with Crippen molar-refractivity contribution in [1.29, 1.82) is 0 Å². The molecule has 2 aromatic carbocycles. The van der Waals surface area contributed by atoms with Crippen LogP contribution in [0.5, 0.6) is 0 Å². The van der Waals surface area contributed by atoms with Crippen LogP contribution in [-0.2, 0) is 11.5 Å². The van der Waals surface area contributed by atoms with Crippen LogP contribution in [0.4, 0.5) is 0 Å². The van der Waals surface area contributed by atoms with Crippen LogP contribution < -0.4 is 0 Å². The number of halogens is 2. The molecular weight excluding hydrogens is 383 g/mol. The number of benzene rings is 2. The third-order valence-corrected chi connectivity index (χ3v) is 4.68. The van der Waals surface area contributed by atoms with E-state index >= 15 is 0 Å². The second-order valence-corrected chi connectivity index (χ2v) is 6.79. The Labute approximate surface area is 166 Å². The van der Waals surface area contributed by atoms with Gasteiger partial charge in [0.2, 0.25) is 5.95 Å². The van der Waals surface area contributed by atoms with Gasteiger partial charge >= 0.3 is 0 Å². The van der Waals surface area contributed by atoms with Crippen LogP contribution in [0.3, 0.4) is 0 Å². The van der Waals surface area contributed by atoms with E-state index in [2.05, 4.69) is 4.98 Å². The molecule has 0 saturated carbocycles. The van der Waals surface area contributed by atoms with E-state index in [-0.39, 0.29) is 0 Å². The van der Waals surface area contributed by atoms with Gasteiger partial charge in [0.1, 0.15) is 13.1 Å². The zero-order chi connectivity index (χ0) is 18.8. The average Bonchev–Trinajstić information content (AvgIpc) is 3.26. The van der Waals surface area contributed by atoms with E-state index in [1.54, 1.807) is 25.6 Å². The highest BCUT2D eigenvalue weighted by atomic mass is 35.5. The summed E-state index contributed by atoms with van der Waals surface area (Å²) in [6.07, 6.45) is 7.45. The molecule has 0 atom stereocenters. The largest absolute Gasteiger partial charge is 0.364 e. The van der Waals surface area contributed by atoms with Crippen molar-refractivity contribution in [2.45, 2.75) is 6.73 Å². The van der Waals surface area contributed by atoms with Crippen molar-refractivity contribution in [3.05, 3.63) is 76.3 Å². The Bertz CT molecular complexity index is 1130. The topological polar surface area (TPSA) is 44.9 Å². The molecule has 0 aliphatic rings. The van der Waals surface area contributed by atoms with Gasteiger partial charge in [-0.2, -0.15) is 0 Å². The summed E-state index contributed by atoms with van der Waals surface area (Å²) < 4.78 is 9.22. The summed E-state index contributed by atoms with van der Waals surface area (Å²) in [6, 6.07) is 13.3. The van der Waals surface area contributed by atoms with Crippen LogP contribution in [0.1, 0.15) is 11.3 Å². The van der Waals surface area contributed by atoms with Gasteiger partial charge in [0.15, 0.2) is 0 Å². The standard InChI is InChI=1S/C20H16Cl2N4O/c1-27-13-26-19-5-3-2-4-18(19)24-20(26)25-11-16(23-12-25)9-7-14-6-8-15(21)10-17(14)22/h2-12H,13H2,1H3. The molecule has 0 unspecified atom stereocenters. The number of fused-ring (bicyclic) bond motifs is 1. The van der Waals surface area contributed by atoms with Gasteiger partial charge in [-0.15, -0.1) is 0 Å². The Morgan fingerprint density at radius 1 is 1.11 bits per heavy atom. The Morgan fingerprint density at radius 3 is 2.78 bits per heavy atom. The minimum absolute atomic E-state index is 0.402. The molecular formula is C20H16Cl2N4O. The van der Waals surface area contributed by atoms with Crippen LogP contribution in [0.2, 0.25) is 10.0 Å². The van der Waals surface area contributed by atoms with E-state index in [4.69, 9.17) is 32.9 Å². The fourth-order valence-electron chi connectivity index (χ4n) is 2.86. The van der Waals surface area contributed by atoms with Gasteiger partial charge in [0, 0.05) is 23.4 Å². The number of methoxy groups -OCH3 is 1. The Kier molecular flexibility index (Phi) is 4.99. The molecule has 0 aliphatic heterocycles. The first-order valence-electron chi connectivity index (χ1n) is 8.27. The Balaban J connectivity index is 1.67. The molecule has 0 fully saturated rings. The molecule has 2 heterocycles. The molecule has 0 aliphatic carbocycles. The van der Waals surface area contributed by atoms with Crippen molar-refractivity contribution in [2.75, 3.05) is 7.11 Å². The number of nitrogens with zero attached hydrogens (tertiary/aromatic N) is 4. The maximum absolute atomic E-state index is 6.21. The molecule has 2 aromatic heterocycles. The van der Waals surface area contributed by atoms with Crippen LogP contribution in [0.25, 0.3) is 29.1 Å². The second kappa shape index (κ2) is 7.56. The highest BCUT2D eigenvalue weighted by Crippen LogP contribution is 2.23. The van der Waals surface area contributed by atoms with Gasteiger partial charge in [0.25, 0.3) is 0 Å². The van der Waals surface area contributed by atoms with Gasteiger partial charge < -0.3 is 4.74 Å². The third-order valence-electron chi connectivity index (χ3n) is 4.12. The summed E-state index contributed by atoms with van der Waals surface area (Å²) in [5.74, 6) is 0.745. The number of hydrogen-bond donors (Lipinski definition) is 0. The quantitative estimate of drug-likeness (QED) is 0.457. The van der Waals surface area contributed by atoms with E-state index < -0.39 is 0 Å². The van der Waals surface area contributed by atoms with E-state index in [9.17, 15) is 0 Å². The molecule has 0 bridgehead atoms. The zero-order valence-electron chi connectivity index (χ0n) is 14.5. The van der Waals surface area contributed by atoms with E-state index in [1.165, 1.54) is 0 Å². The van der Waals surface area contributed by atoms with Crippen LogP contribution in [-0.4, -0.2) is 26.2 Å². The monoisotopic (exact) mass is 398 g/mol. The Hall–Kier alpha value is -2.60. The zero-order valence-corrected chi connectivity index (χ0v) is 16.0. The number of para-hydroxylation sites is 2. The summed E-state index contributed by atoms with van der Waals surface area (Å²) in [5, 5.41) is 1.21. The van der Waals surface area contributed by atoms with Crippen molar-refractivity contribution in [3.63, 3.8) is 0 Å². The maximum Gasteiger partial charge on any atom is 0.218 e. The van der Waals surface area contributed by atoms with Crippen LogP contribution in [0.15, 0.2) is 55.0 Å². The van der Waals surface area contributed by atoms with Gasteiger partial charge in [0.05, 0.1) is 16.7 Å². The summed E-state index contributed by atoms with van der Waals surface area (Å²) in [5.41, 5.74) is 3.58. The first kappa shape index (κ1) is 17.8. The predicted octanol–water partition coefficient (Wildman–Crippen LogP) is 5.30. The van der Waals surface area contributed by atoms with Gasteiger partial charge in [-0.1, -0.05) is 47.5 Å². The number of aromatic nitrogens is 4. The van der Waals surface area contributed by atoms with Crippen molar-refractivity contribution >= 4 is 46.4 Å². The molecule has 0 radical (unpaired) electrons. The summed E-state index contributed by atoms with van der Waals surface area (Å²) in [6.45, 7) is 0.402. The van der Waals surface area contributed by atoms with Crippen molar-refractivity contribution in [2.24, 2.45) is 0 Å². The first-order valence-corrected chi connectivity index (χ1v) is 9.03. The first-order chi connectivity index (χ1) is 13.2. The number of hydrogen-bond acceptors (Lipinski definition) is 3. The van der Waals surface area contributed by atoms with Crippen LogP contribution >= 0.6 is 23.2 Å². The number of imidazole rings is 2. The normalized spacial score (nSPS) is 11.7. The SMILES string of the molecule is COCn1c(-n2cnc(C=Cc3ccc(Cl)cc3Cl)c2)nc2ccccc21. The highest BCUT2D eigenvalue weighted by Gasteiger charge is 2.12. The third kappa shape index (κ3) is 3.62. The molecule has 0 saturated heterocycles. The molecule has 0 spiro atoms. The molecule has 27 heavy (non-hydrogen) atoms. The fraction of sp³-hybridized carbons (Fsp3) is 0.100. The molecule has 0 N–H and O–H groups in total. The molecule has 4 rings (SSSR count). The van der Waals surface area contributed by atoms with Gasteiger partial charge in [-0.25, -0.2) is 9.97 Å². The van der Waals surface area contributed by atoms with Gasteiger partial charge in [-0.05, 0) is 35.9 Å². The number of rotatable bonds is 5. The lowest BCUT2D eigenvalue weighted by molar-refractivity contribution is 0.134. The average molecular weight is 399 g/mol. The molecule has 0 amide bonds. The molecule has 5 nitrogen and oxygen atoms in total. The Morgan fingerprint density at radius 2 is 1.96 bits per heavy atom. The summed E-state index contributed by atoms with van der Waals surface area (Å²) in [4.78, 5) is 9.14. The summed E-state index contributed by atoms with van der Waals surface area (Å²) in [7, 11) is 1.66. The lowest BCUT2D eigenvalue weighted by Gasteiger charge is -2.07. The molecule has 7 heteroatoms. The highest BCUT2D eigenvalue weighted by molar-refractivity contribution is 6.35. The van der Waals surface area contributed by atoms with Crippen molar-refractivity contribution in [1.82, 2.24) is 19.1 Å². The van der Waals surface area contributed by atoms with E-state index in [0.717, 1.165) is 28.2 Å². The molecule has 4 aromatic rings. The number of ether oxygens (including phenoxy) is 1. The summed E-state index contributed by atoms with van der Waals surface area (Å²) >= 11 is 12.1.